The van der Waals surface area contributed by atoms with Gasteiger partial charge in [-0.2, -0.15) is 0 Å². The molecule has 116 heavy (non-hydrogen) atoms. The van der Waals surface area contributed by atoms with E-state index < -0.39 is 4.92 Å². The van der Waals surface area contributed by atoms with Crippen molar-refractivity contribution < 1.29 is 35.6 Å². The highest BCUT2D eigenvalue weighted by Crippen LogP contribution is 2.38. The predicted octanol–water partition coefficient (Wildman–Crippen LogP) is 27.0. The summed E-state index contributed by atoms with van der Waals surface area (Å²) in [5, 5.41) is 76.9. The Bertz CT molecular complexity index is 5390. The maximum Gasteiger partial charge on any atom is 0.270 e. The Morgan fingerprint density at radius 3 is 1.46 bits per heavy atom. The molecule has 0 heterocycles. The van der Waals surface area contributed by atoms with Crippen LogP contribution in [0.5, 0.6) is 34.5 Å². The summed E-state index contributed by atoms with van der Waals surface area (Å²) in [5.41, 5.74) is 20.4. The second-order valence-corrected chi connectivity index (χ2v) is 32.8. The van der Waals surface area contributed by atoms with Crippen LogP contribution >= 0.6 is 43.5 Å². The summed E-state index contributed by atoms with van der Waals surface area (Å²) in [5.74, 6) is 1.22. The zero-order valence-electron chi connectivity index (χ0n) is 68.1. The number of rotatable bonds is 15. The number of hydrogen-bond acceptors (Lipinski definition) is 14. The van der Waals surface area contributed by atoms with Gasteiger partial charge < -0.3 is 41.3 Å². The van der Waals surface area contributed by atoms with Gasteiger partial charge in [0.1, 0.15) is 40.2 Å². The number of para-hydroxylation sites is 4. The van der Waals surface area contributed by atoms with Crippen molar-refractivity contribution in [3.8, 4) is 34.5 Å². The van der Waals surface area contributed by atoms with Crippen molar-refractivity contribution in [2.75, 3.05) is 10.6 Å². The molecule has 16 nitrogen and oxygen atoms in total. The van der Waals surface area contributed by atoms with Gasteiger partial charge in [-0.3, -0.25) is 30.1 Å². The quantitative estimate of drug-likeness (QED) is 0.0209. The molecule has 0 unspecified atom stereocenters. The molecule has 19 heteroatoms. The standard InChI is InChI=1S/C18H22BrNO.C18H20BrNO.C18H20ClNO.C15H14N2O.C14H12N2O3.C14H13NO/c3*1-12-9-13(17(21)15(19)10-12)11-20-16-8-6-5-7-14(16)18(2,3)4;1-11-3-8-15(18)12(9-11)10-17-14-6-4-13(16-2)5-7-14;1-10-5-6-14(17)13(7-10)15-9-11-3-2-4-12(8-11)16(18)19;1-11-7-8-14(16)12(9-11)10-15-13-5-3-2-4-6-13/h5-10,20-21H,11H2,1-4H3;2*5-11,21H,1-4H3;3-9,17-18H,10H2,1H3;2-9,17H,1H3;2-10,16H,1H3. The minimum absolute atomic E-state index is 0.0115. The van der Waals surface area contributed by atoms with Crippen molar-refractivity contribution in [1.82, 2.24) is 0 Å². The first-order valence-electron chi connectivity index (χ1n) is 37.4. The highest BCUT2D eigenvalue weighted by Gasteiger charge is 2.21. The number of aromatic hydroxyl groups is 6. The molecule has 12 rings (SSSR count). The van der Waals surface area contributed by atoms with Crippen LogP contribution in [0.1, 0.15) is 146 Å². The third-order valence-corrected chi connectivity index (χ3v) is 19.1. The van der Waals surface area contributed by atoms with E-state index >= 15 is 0 Å². The first-order chi connectivity index (χ1) is 54.9. The number of nitrogens with zero attached hydrogens (tertiary/aromatic N) is 6. The van der Waals surface area contributed by atoms with Crippen LogP contribution in [0, 0.1) is 58.2 Å². The number of nitro benzene ring substituents is 1. The lowest BCUT2D eigenvalue weighted by molar-refractivity contribution is -0.384. The normalized spacial score (nSPS) is 11.2. The molecule has 0 bridgehead atoms. The maximum absolute atomic E-state index is 10.6. The lowest BCUT2D eigenvalue weighted by atomic mass is 9.86. The molecular formula is C97H101Br2ClN8O8. The summed E-state index contributed by atoms with van der Waals surface area (Å²) in [6.45, 7) is 39.4. The van der Waals surface area contributed by atoms with Gasteiger partial charge in [0.15, 0.2) is 5.69 Å². The summed E-state index contributed by atoms with van der Waals surface area (Å²) in [7, 11) is 0. The zero-order chi connectivity index (χ0) is 85.0. The topological polar surface area (TPSA) is 242 Å². The highest BCUT2D eigenvalue weighted by atomic mass is 79.9. The second kappa shape index (κ2) is 42.8. The van der Waals surface area contributed by atoms with Gasteiger partial charge in [0.05, 0.1) is 42.5 Å². The number of nitro groups is 1. The third kappa shape index (κ3) is 28.7. The number of aliphatic imine (C=N–C) groups is 4. The van der Waals surface area contributed by atoms with E-state index in [1.165, 1.54) is 35.0 Å². The number of hydrogen-bond donors (Lipinski definition) is 8. The summed E-state index contributed by atoms with van der Waals surface area (Å²) in [6.07, 6.45) is 6.55. The minimum atomic E-state index is -0.457. The van der Waals surface area contributed by atoms with Crippen LogP contribution in [-0.4, -0.2) is 60.4 Å². The number of non-ortho nitro benzene ring substituents is 1. The fourth-order valence-corrected chi connectivity index (χ4v) is 13.1. The first-order valence-corrected chi connectivity index (χ1v) is 39.4. The van der Waals surface area contributed by atoms with Gasteiger partial charge in [-0.05, 0) is 237 Å². The third-order valence-electron chi connectivity index (χ3n) is 17.6. The van der Waals surface area contributed by atoms with Crippen LogP contribution in [0.3, 0.4) is 0 Å². The van der Waals surface area contributed by atoms with E-state index in [-0.39, 0.29) is 44.9 Å². The van der Waals surface area contributed by atoms with E-state index in [0.717, 1.165) is 83.0 Å². The van der Waals surface area contributed by atoms with E-state index in [9.17, 15) is 40.8 Å². The Kier molecular flexibility index (Phi) is 33.6. The van der Waals surface area contributed by atoms with Gasteiger partial charge in [-0.1, -0.05) is 212 Å². The number of benzene rings is 12. The lowest BCUT2D eigenvalue weighted by Gasteiger charge is -2.23. The van der Waals surface area contributed by atoms with Crippen LogP contribution in [0.4, 0.5) is 45.5 Å². The van der Waals surface area contributed by atoms with Crippen LogP contribution in [0.2, 0.25) is 5.02 Å². The van der Waals surface area contributed by atoms with Gasteiger partial charge in [0, 0.05) is 89.3 Å². The largest absolute Gasteiger partial charge is 0.508 e. The van der Waals surface area contributed by atoms with Crippen LogP contribution in [0.15, 0.2) is 272 Å². The molecule has 0 aliphatic heterocycles. The molecule has 12 aromatic rings. The van der Waals surface area contributed by atoms with Gasteiger partial charge in [0.2, 0.25) is 0 Å². The van der Waals surface area contributed by atoms with Crippen molar-refractivity contribution in [1.29, 1.82) is 0 Å². The number of phenols is 6. The molecule has 0 atom stereocenters. The zero-order valence-corrected chi connectivity index (χ0v) is 72.1. The fourth-order valence-electron chi connectivity index (χ4n) is 11.6. The molecule has 0 aliphatic rings. The van der Waals surface area contributed by atoms with Gasteiger partial charge in [-0.25, -0.2) is 4.85 Å². The molecule has 8 N–H and O–H groups in total. The molecular weight excluding hydrogens is 1600 g/mol. The Morgan fingerprint density at radius 2 is 0.879 bits per heavy atom. The molecule has 598 valence electrons. The molecule has 0 saturated heterocycles. The maximum atomic E-state index is 10.6. The van der Waals surface area contributed by atoms with Gasteiger partial charge in [0.25, 0.3) is 5.69 Å². The molecule has 12 aromatic carbocycles. The number of nitrogens with one attached hydrogen (secondary N) is 2. The predicted molar refractivity (Wildman–Crippen MR) is 489 cm³/mol. The number of halogens is 3. The average molecular weight is 1700 g/mol. The summed E-state index contributed by atoms with van der Waals surface area (Å²) < 4.78 is 1.43. The smallest absolute Gasteiger partial charge is 0.270 e. The van der Waals surface area contributed by atoms with E-state index in [0.29, 0.717) is 62.1 Å². The second-order valence-electron chi connectivity index (χ2n) is 30.7. The van der Waals surface area contributed by atoms with Crippen LogP contribution in [0.25, 0.3) is 4.85 Å². The SMILES string of the molecule is Cc1cc(Br)c(O)c(C=Nc2ccccc2C(C)(C)C)c1.Cc1cc(Br)c(O)c(CNc2ccccc2C(C)(C)C)c1.Cc1cc(Cl)c(O)c(C=Nc2ccccc2C(C)(C)C)c1.Cc1ccc(O)c(C=Nc2ccccc2)c1.Cc1ccc(O)c(N=Cc2cccc([N+](=O)[O-])c2)c1.[C-]#[N+]c1ccc(NCc2cc(C)ccc2O)cc1. The Labute approximate surface area is 704 Å². The monoisotopic (exact) mass is 1700 g/mol. The number of phenolic OH excluding ortho intramolecular Hbond substituents is 6. The van der Waals surface area contributed by atoms with E-state index in [2.05, 4.69) is 160 Å². The molecule has 0 spiro atoms. The Hall–Kier alpha value is -12.1. The van der Waals surface area contributed by atoms with E-state index in [4.69, 9.17) is 18.2 Å². The van der Waals surface area contributed by atoms with E-state index in [1.54, 1.807) is 79.3 Å². The Balaban J connectivity index is 0.000000193. The van der Waals surface area contributed by atoms with Crippen molar-refractivity contribution >= 4 is 114 Å². The van der Waals surface area contributed by atoms with Crippen LogP contribution < -0.4 is 10.6 Å². The molecule has 0 aliphatic carbocycles. The summed E-state index contributed by atoms with van der Waals surface area (Å²) in [6, 6.07) is 74.9. The fraction of sp³-hybridized carbons (Fsp3) is 0.206. The van der Waals surface area contributed by atoms with Gasteiger partial charge >= 0.3 is 0 Å². The van der Waals surface area contributed by atoms with Crippen LogP contribution in [-0.2, 0) is 29.3 Å². The first kappa shape index (κ1) is 91.0. The van der Waals surface area contributed by atoms with Crippen molar-refractivity contribution in [3.63, 3.8) is 0 Å². The number of aryl methyl sites for hydroxylation is 6. The molecule has 0 saturated carbocycles. The Morgan fingerprint density at radius 1 is 0.422 bits per heavy atom. The highest BCUT2D eigenvalue weighted by molar-refractivity contribution is 9.11. The molecule has 0 amide bonds. The summed E-state index contributed by atoms with van der Waals surface area (Å²) >= 11 is 12.7. The molecule has 0 fully saturated rings. The molecule has 0 aromatic heterocycles. The van der Waals surface area contributed by atoms with E-state index in [1.807, 2.05) is 181 Å². The lowest BCUT2D eigenvalue weighted by Crippen LogP contribution is -2.14. The van der Waals surface area contributed by atoms with Crippen molar-refractivity contribution in [2.24, 2.45) is 20.0 Å². The summed E-state index contributed by atoms with van der Waals surface area (Å²) in [4.78, 5) is 31.1. The minimum Gasteiger partial charge on any atom is -0.508 e. The van der Waals surface area contributed by atoms with Crippen molar-refractivity contribution in [2.45, 2.75) is 133 Å². The van der Waals surface area contributed by atoms with Gasteiger partial charge in [-0.15, -0.1) is 0 Å². The average Bonchev–Trinajstić information content (AvgIpc) is 0.826. The van der Waals surface area contributed by atoms with Crippen molar-refractivity contribution in [3.05, 3.63) is 362 Å². The number of anilines is 2. The molecule has 0 radical (unpaired) electrons.